The Bertz CT molecular complexity index is 1090. The largest absolute Gasteiger partial charge is 0.350 e. The van der Waals surface area contributed by atoms with Crippen molar-refractivity contribution in [1.82, 2.24) is 14.2 Å². The fraction of sp³-hybridized carbons (Fsp3) is 0.333. The molecule has 1 saturated heterocycles. The fourth-order valence-electron chi connectivity index (χ4n) is 3.52. The molecule has 0 saturated carbocycles. The minimum atomic E-state index is -3.40. The molecule has 1 aliphatic heterocycles. The number of fused-ring (bicyclic) bond motifs is 1. The summed E-state index contributed by atoms with van der Waals surface area (Å²) >= 11 is 1.51. The van der Waals surface area contributed by atoms with Gasteiger partial charge in [-0.2, -0.15) is 4.31 Å². The van der Waals surface area contributed by atoms with Crippen LogP contribution in [0.5, 0.6) is 0 Å². The van der Waals surface area contributed by atoms with Gasteiger partial charge in [0, 0.05) is 26.2 Å². The average Bonchev–Trinajstić information content (AvgIpc) is 3.16. The Kier molecular flexibility index (Phi) is 6.03. The Balaban J connectivity index is 1.33. The Morgan fingerprint density at radius 3 is 2.43 bits per heavy atom. The first-order valence-electron chi connectivity index (χ1n) is 9.85. The van der Waals surface area contributed by atoms with Crippen LogP contribution in [0.25, 0.3) is 10.2 Å². The standard InChI is InChI=1S/C21H24N4O3S2/c1-16(22-21-23-18-9-5-6-10-19(18)29-21)20(26)24-11-13-25(14-12-24)30(27,28)15-17-7-3-2-4-8-17/h2-10,16H,11-15H2,1H3,(H,22,23)/t16-/m1/s1. The van der Waals surface area contributed by atoms with Gasteiger partial charge in [-0.3, -0.25) is 4.79 Å². The number of anilines is 1. The molecule has 7 nitrogen and oxygen atoms in total. The van der Waals surface area contributed by atoms with Crippen LogP contribution >= 0.6 is 11.3 Å². The lowest BCUT2D eigenvalue weighted by Gasteiger charge is -2.35. The predicted octanol–water partition coefficient (Wildman–Crippen LogP) is 2.77. The van der Waals surface area contributed by atoms with E-state index in [1.165, 1.54) is 15.6 Å². The Morgan fingerprint density at radius 1 is 1.07 bits per heavy atom. The SMILES string of the molecule is C[C@@H](Nc1nc2ccccc2s1)C(=O)N1CCN(S(=O)(=O)Cc2ccccc2)CC1. The molecule has 1 atom stereocenters. The van der Waals surface area contributed by atoms with E-state index in [2.05, 4.69) is 10.3 Å². The molecule has 9 heteroatoms. The average molecular weight is 445 g/mol. The molecule has 30 heavy (non-hydrogen) atoms. The number of sulfonamides is 1. The van der Waals surface area contributed by atoms with E-state index in [1.54, 1.807) is 4.90 Å². The summed E-state index contributed by atoms with van der Waals surface area (Å²) in [5.74, 6) is -0.0634. The van der Waals surface area contributed by atoms with Gasteiger partial charge >= 0.3 is 0 Å². The van der Waals surface area contributed by atoms with Gasteiger partial charge in [-0.25, -0.2) is 13.4 Å². The van der Waals surface area contributed by atoms with E-state index in [0.717, 1.165) is 15.8 Å². The van der Waals surface area contributed by atoms with Gasteiger partial charge in [-0.15, -0.1) is 0 Å². The molecule has 4 rings (SSSR count). The van der Waals surface area contributed by atoms with E-state index < -0.39 is 16.1 Å². The summed E-state index contributed by atoms with van der Waals surface area (Å²) in [4.78, 5) is 19.1. The van der Waals surface area contributed by atoms with Crippen LogP contribution in [0.15, 0.2) is 54.6 Å². The Labute approximate surface area is 180 Å². The monoisotopic (exact) mass is 444 g/mol. The number of nitrogens with one attached hydrogen (secondary N) is 1. The van der Waals surface area contributed by atoms with Crippen molar-refractivity contribution < 1.29 is 13.2 Å². The number of aromatic nitrogens is 1. The molecule has 1 aromatic heterocycles. The molecule has 0 unspecified atom stereocenters. The van der Waals surface area contributed by atoms with E-state index >= 15 is 0 Å². The number of hydrogen-bond donors (Lipinski definition) is 1. The highest BCUT2D eigenvalue weighted by atomic mass is 32.2. The van der Waals surface area contributed by atoms with E-state index in [9.17, 15) is 13.2 Å². The van der Waals surface area contributed by atoms with Crippen LogP contribution in [0.3, 0.4) is 0 Å². The van der Waals surface area contributed by atoms with Gasteiger partial charge in [0.1, 0.15) is 6.04 Å². The van der Waals surface area contributed by atoms with Gasteiger partial charge < -0.3 is 10.2 Å². The number of carbonyl (C=O) groups is 1. The molecule has 158 valence electrons. The molecule has 1 amide bonds. The smallest absolute Gasteiger partial charge is 0.244 e. The van der Waals surface area contributed by atoms with Gasteiger partial charge in [-0.1, -0.05) is 53.8 Å². The van der Waals surface area contributed by atoms with Crippen molar-refractivity contribution in [2.75, 3.05) is 31.5 Å². The zero-order chi connectivity index (χ0) is 21.1. The molecular formula is C21H24N4O3S2. The molecule has 0 spiro atoms. The summed E-state index contributed by atoms with van der Waals surface area (Å²) in [5.41, 5.74) is 1.67. The highest BCUT2D eigenvalue weighted by molar-refractivity contribution is 7.88. The molecule has 1 aliphatic rings. The summed E-state index contributed by atoms with van der Waals surface area (Å²) in [6, 6.07) is 16.6. The van der Waals surface area contributed by atoms with Crippen LogP contribution in [-0.4, -0.2) is 60.7 Å². The highest BCUT2D eigenvalue weighted by Crippen LogP contribution is 2.26. The van der Waals surface area contributed by atoms with E-state index in [4.69, 9.17) is 0 Å². The second kappa shape index (κ2) is 8.71. The number of amides is 1. The number of rotatable bonds is 6. The second-order valence-electron chi connectivity index (χ2n) is 7.32. The van der Waals surface area contributed by atoms with E-state index in [1.807, 2.05) is 61.5 Å². The third-order valence-electron chi connectivity index (χ3n) is 5.14. The molecule has 1 N–H and O–H groups in total. The van der Waals surface area contributed by atoms with Gasteiger partial charge in [0.15, 0.2) is 5.13 Å². The lowest BCUT2D eigenvalue weighted by atomic mass is 10.2. The van der Waals surface area contributed by atoms with Crippen LogP contribution in [0.2, 0.25) is 0 Å². The zero-order valence-corrected chi connectivity index (χ0v) is 18.3. The highest BCUT2D eigenvalue weighted by Gasteiger charge is 2.30. The van der Waals surface area contributed by atoms with Gasteiger partial charge in [0.2, 0.25) is 15.9 Å². The number of piperazine rings is 1. The van der Waals surface area contributed by atoms with Gasteiger partial charge in [0.25, 0.3) is 0 Å². The molecule has 0 bridgehead atoms. The molecule has 0 aliphatic carbocycles. The predicted molar refractivity (Wildman–Crippen MR) is 120 cm³/mol. The van der Waals surface area contributed by atoms with Crippen molar-refractivity contribution in [3.63, 3.8) is 0 Å². The minimum Gasteiger partial charge on any atom is -0.350 e. The summed E-state index contributed by atoms with van der Waals surface area (Å²) in [7, 11) is -3.40. The number of para-hydroxylation sites is 1. The Morgan fingerprint density at radius 2 is 1.73 bits per heavy atom. The van der Waals surface area contributed by atoms with Crippen molar-refractivity contribution in [2.24, 2.45) is 0 Å². The molecule has 0 radical (unpaired) electrons. The number of thiazole rings is 1. The normalized spacial score (nSPS) is 16.5. The molecular weight excluding hydrogens is 420 g/mol. The molecule has 2 aromatic carbocycles. The van der Waals surface area contributed by atoms with Crippen molar-refractivity contribution in [1.29, 1.82) is 0 Å². The van der Waals surface area contributed by atoms with Gasteiger partial charge in [-0.05, 0) is 24.6 Å². The van der Waals surface area contributed by atoms with Crippen LogP contribution in [-0.2, 0) is 20.6 Å². The number of nitrogens with zero attached hydrogens (tertiary/aromatic N) is 3. The zero-order valence-electron chi connectivity index (χ0n) is 16.7. The van der Waals surface area contributed by atoms with Crippen molar-refractivity contribution >= 4 is 42.6 Å². The molecule has 1 fully saturated rings. The maximum Gasteiger partial charge on any atom is 0.244 e. The minimum absolute atomic E-state index is 0.0165. The quantitative estimate of drug-likeness (QED) is 0.632. The topological polar surface area (TPSA) is 82.6 Å². The number of carbonyl (C=O) groups excluding carboxylic acids is 1. The summed E-state index contributed by atoms with van der Waals surface area (Å²) < 4.78 is 27.9. The van der Waals surface area contributed by atoms with E-state index in [0.29, 0.717) is 31.3 Å². The first-order chi connectivity index (χ1) is 14.4. The van der Waals surface area contributed by atoms with Crippen LogP contribution in [0.4, 0.5) is 5.13 Å². The first-order valence-corrected chi connectivity index (χ1v) is 12.3. The number of hydrogen-bond acceptors (Lipinski definition) is 6. The molecule has 2 heterocycles. The molecule has 3 aromatic rings. The summed E-state index contributed by atoms with van der Waals surface area (Å²) in [6.45, 7) is 3.22. The third kappa shape index (κ3) is 4.63. The van der Waals surface area contributed by atoms with Crippen molar-refractivity contribution in [2.45, 2.75) is 18.7 Å². The lowest BCUT2D eigenvalue weighted by Crippen LogP contribution is -2.53. The van der Waals surface area contributed by atoms with Crippen LogP contribution in [0.1, 0.15) is 12.5 Å². The summed E-state index contributed by atoms with van der Waals surface area (Å²) in [5, 5.41) is 3.90. The maximum atomic E-state index is 12.8. The first kappa shape index (κ1) is 20.8. The van der Waals surface area contributed by atoms with Gasteiger partial charge in [0.05, 0.1) is 16.0 Å². The van der Waals surface area contributed by atoms with E-state index in [-0.39, 0.29) is 11.7 Å². The van der Waals surface area contributed by atoms with Crippen molar-refractivity contribution in [3.05, 3.63) is 60.2 Å². The fourth-order valence-corrected chi connectivity index (χ4v) is 5.99. The Hall–Kier alpha value is -2.49. The second-order valence-corrected chi connectivity index (χ2v) is 10.3. The lowest BCUT2D eigenvalue weighted by molar-refractivity contribution is -0.132. The maximum absolute atomic E-state index is 12.8. The third-order valence-corrected chi connectivity index (χ3v) is 7.96. The number of benzene rings is 2. The summed E-state index contributed by atoms with van der Waals surface area (Å²) in [6.07, 6.45) is 0. The van der Waals surface area contributed by atoms with Crippen LogP contribution in [0, 0.1) is 0 Å². The van der Waals surface area contributed by atoms with Crippen molar-refractivity contribution in [3.8, 4) is 0 Å². The van der Waals surface area contributed by atoms with Crippen LogP contribution < -0.4 is 5.32 Å².